The second-order valence-corrected chi connectivity index (χ2v) is 19.1. The van der Waals surface area contributed by atoms with Crippen molar-refractivity contribution in [2.24, 2.45) is 0 Å². The minimum Gasteiger partial charge on any atom is -0.107 e. The number of hydrogen-bond acceptors (Lipinski definition) is 0. The first-order valence-corrected chi connectivity index (χ1v) is 16.3. The van der Waals surface area contributed by atoms with Crippen LogP contribution in [0, 0.1) is 0 Å². The molecule has 0 atom stereocenters. The van der Waals surface area contributed by atoms with Crippen molar-refractivity contribution in [3.05, 3.63) is 60.7 Å². The average Bonchev–Trinajstić information content (AvgIpc) is 2.62. The van der Waals surface area contributed by atoms with E-state index in [1.807, 2.05) is 0 Å². The van der Waals surface area contributed by atoms with E-state index in [1.54, 1.807) is 7.16 Å². The van der Waals surface area contributed by atoms with Crippen LogP contribution >= 0.6 is 24.0 Å². The van der Waals surface area contributed by atoms with Crippen molar-refractivity contribution in [1.82, 2.24) is 0 Å². The van der Waals surface area contributed by atoms with Crippen LogP contribution in [0.5, 0.6) is 0 Å². The van der Waals surface area contributed by atoms with Gasteiger partial charge in [0.1, 0.15) is 0 Å². The van der Waals surface area contributed by atoms with E-state index in [0.717, 1.165) is 0 Å². The molecule has 0 saturated carbocycles. The monoisotopic (exact) mass is 544 g/mol. The van der Waals surface area contributed by atoms with Crippen molar-refractivity contribution in [3.8, 4) is 0 Å². The van der Waals surface area contributed by atoms with Crippen LogP contribution in [-0.2, 0) is 0 Å². The summed E-state index contributed by atoms with van der Waals surface area (Å²) in [5.74, 6) is 0. The van der Waals surface area contributed by atoms with Crippen LogP contribution in [0.4, 0.5) is 0 Å². The maximum absolute atomic E-state index is 2.55. The van der Waals surface area contributed by atoms with Gasteiger partial charge in [0.15, 0.2) is 0 Å². The third kappa shape index (κ3) is 6.05. The third-order valence-electron chi connectivity index (χ3n) is 5.07. The van der Waals surface area contributed by atoms with Gasteiger partial charge >= 0.3 is 147 Å². The number of rotatable bonds is 10. The van der Waals surface area contributed by atoms with Gasteiger partial charge in [-0.1, -0.05) is 0 Å². The number of hydrogen-bond donors (Lipinski definition) is 0. The van der Waals surface area contributed by atoms with Crippen molar-refractivity contribution in [1.29, 1.82) is 0 Å². The van der Waals surface area contributed by atoms with Crippen molar-refractivity contribution in [2.45, 2.75) is 61.2 Å². The second-order valence-electron chi connectivity index (χ2n) is 6.73. The Morgan fingerprint density at radius 2 is 0.958 bits per heavy atom. The Hall–Kier alpha value is -0.0313. The van der Waals surface area contributed by atoms with E-state index < -0.39 is 18.4 Å². The van der Waals surface area contributed by atoms with Gasteiger partial charge in [0.25, 0.3) is 0 Å². The molecule has 0 bridgehead atoms. The SMILES string of the molecule is CCCC[CH2][Sn]([CH2]CCCC)([c]1ccccc1)[c]1ccccc1.I. The summed E-state index contributed by atoms with van der Waals surface area (Å²) < 4.78 is 6.36. The van der Waals surface area contributed by atoms with Crippen LogP contribution in [0.15, 0.2) is 60.7 Å². The number of halogens is 1. The molecule has 0 saturated heterocycles. The van der Waals surface area contributed by atoms with Crippen molar-refractivity contribution < 1.29 is 0 Å². The van der Waals surface area contributed by atoms with Gasteiger partial charge in [-0.05, 0) is 0 Å². The maximum Gasteiger partial charge on any atom is -0.107 e. The Balaban J connectivity index is 0.00000288. The van der Waals surface area contributed by atoms with Crippen molar-refractivity contribution in [2.75, 3.05) is 0 Å². The number of benzene rings is 2. The van der Waals surface area contributed by atoms with E-state index in [2.05, 4.69) is 74.5 Å². The summed E-state index contributed by atoms with van der Waals surface area (Å²) in [7, 11) is 0. The molecular weight excluding hydrogens is 510 g/mol. The van der Waals surface area contributed by atoms with Crippen LogP contribution in [0.3, 0.4) is 0 Å². The van der Waals surface area contributed by atoms with Gasteiger partial charge in [0, 0.05) is 0 Å². The smallest absolute Gasteiger partial charge is 0.107 e. The van der Waals surface area contributed by atoms with Gasteiger partial charge in [-0.15, -0.1) is 24.0 Å². The molecule has 0 amide bonds. The van der Waals surface area contributed by atoms with E-state index >= 15 is 0 Å². The summed E-state index contributed by atoms with van der Waals surface area (Å²) in [6.45, 7) is 4.64. The molecule has 0 radical (unpaired) electrons. The molecule has 2 heteroatoms. The molecule has 0 unspecified atom stereocenters. The third-order valence-corrected chi connectivity index (χ3v) is 20.2. The summed E-state index contributed by atoms with van der Waals surface area (Å²) in [6, 6.07) is 23.1. The van der Waals surface area contributed by atoms with Crippen LogP contribution in [0.2, 0.25) is 8.87 Å². The Kier molecular flexibility index (Phi) is 11.3. The van der Waals surface area contributed by atoms with E-state index in [9.17, 15) is 0 Å². The van der Waals surface area contributed by atoms with E-state index in [4.69, 9.17) is 0 Å². The molecular formula is C22H33ISn. The minimum atomic E-state index is -2.55. The quantitative estimate of drug-likeness (QED) is 0.189. The topological polar surface area (TPSA) is 0 Å². The fourth-order valence-corrected chi connectivity index (χ4v) is 18.3. The normalized spacial score (nSPS) is 11.1. The maximum atomic E-state index is 2.43. The minimum absolute atomic E-state index is 0. The summed E-state index contributed by atoms with van der Waals surface area (Å²) in [5, 5.41) is 0. The molecule has 2 aromatic carbocycles. The van der Waals surface area contributed by atoms with Gasteiger partial charge in [-0.25, -0.2) is 0 Å². The Morgan fingerprint density at radius 1 is 0.583 bits per heavy atom. The molecule has 2 rings (SSSR count). The molecule has 0 nitrogen and oxygen atoms in total. The largest absolute Gasteiger partial charge is 0.107 e. The van der Waals surface area contributed by atoms with Gasteiger partial charge in [0.2, 0.25) is 0 Å². The predicted molar refractivity (Wildman–Crippen MR) is 122 cm³/mol. The summed E-state index contributed by atoms with van der Waals surface area (Å²) >= 11 is -2.55. The molecule has 0 aliphatic heterocycles. The zero-order valence-corrected chi connectivity index (χ0v) is 20.5. The average molecular weight is 543 g/mol. The fraction of sp³-hybridized carbons (Fsp3) is 0.455. The van der Waals surface area contributed by atoms with Gasteiger partial charge < -0.3 is 0 Å². The van der Waals surface area contributed by atoms with Crippen LogP contribution in [-0.4, -0.2) is 18.4 Å². The first-order chi connectivity index (χ1) is 11.3. The van der Waals surface area contributed by atoms with Gasteiger partial charge in [-0.2, -0.15) is 0 Å². The van der Waals surface area contributed by atoms with Crippen LogP contribution < -0.4 is 7.16 Å². The standard InChI is InChI=1S/2C6H5.2C5H11.HI.Sn/c2*1-2-4-6-5-3-1;2*1-3-5-4-2;;/h2*1-5H;2*1,3-5H2,2H3;1H;. The summed E-state index contributed by atoms with van der Waals surface area (Å²) in [5.41, 5.74) is 0. The van der Waals surface area contributed by atoms with E-state index in [1.165, 1.54) is 47.4 Å². The van der Waals surface area contributed by atoms with E-state index in [0.29, 0.717) is 0 Å². The molecule has 0 spiro atoms. The predicted octanol–water partition coefficient (Wildman–Crippen LogP) is 6.25. The molecule has 132 valence electrons. The Labute approximate surface area is 170 Å². The van der Waals surface area contributed by atoms with Gasteiger partial charge in [0.05, 0.1) is 0 Å². The second kappa shape index (κ2) is 12.3. The first kappa shape index (κ1) is 22.0. The molecule has 0 aromatic heterocycles. The summed E-state index contributed by atoms with van der Waals surface area (Å²) in [6.07, 6.45) is 8.21. The van der Waals surface area contributed by atoms with Crippen LogP contribution in [0.25, 0.3) is 0 Å². The van der Waals surface area contributed by atoms with Crippen molar-refractivity contribution >= 4 is 49.5 Å². The molecule has 0 heterocycles. The molecule has 0 aliphatic carbocycles. The molecule has 2 aromatic rings. The summed E-state index contributed by atoms with van der Waals surface area (Å²) in [4.78, 5) is 0. The molecule has 0 fully saturated rings. The van der Waals surface area contributed by atoms with Crippen molar-refractivity contribution in [3.63, 3.8) is 0 Å². The Morgan fingerprint density at radius 3 is 1.29 bits per heavy atom. The molecule has 0 aliphatic rings. The van der Waals surface area contributed by atoms with Gasteiger partial charge in [-0.3, -0.25) is 0 Å². The fourth-order valence-electron chi connectivity index (χ4n) is 3.74. The number of unbranched alkanes of at least 4 members (excludes halogenated alkanes) is 4. The van der Waals surface area contributed by atoms with E-state index in [-0.39, 0.29) is 24.0 Å². The van der Waals surface area contributed by atoms with Crippen LogP contribution in [0.1, 0.15) is 52.4 Å². The Bertz CT molecular complexity index is 487. The zero-order chi connectivity index (χ0) is 16.4. The zero-order valence-electron chi connectivity index (χ0n) is 15.3. The molecule has 24 heavy (non-hydrogen) atoms. The first-order valence-electron chi connectivity index (χ1n) is 9.44. The molecule has 0 N–H and O–H groups in total.